The second kappa shape index (κ2) is 6.79. The zero-order valence-electron chi connectivity index (χ0n) is 15.4. The van der Waals surface area contributed by atoms with Crippen LogP contribution in [0.25, 0.3) is 10.9 Å². The van der Waals surface area contributed by atoms with E-state index in [1.54, 1.807) is 18.2 Å². The first-order valence-electron chi connectivity index (χ1n) is 8.67. The zero-order chi connectivity index (χ0) is 20.1. The predicted octanol–water partition coefficient (Wildman–Crippen LogP) is 3.52. The molecule has 1 aromatic carbocycles. The van der Waals surface area contributed by atoms with E-state index < -0.39 is 9.73 Å². The van der Waals surface area contributed by atoms with Gasteiger partial charge in [-0.2, -0.15) is 0 Å². The van der Waals surface area contributed by atoms with Gasteiger partial charge >= 0.3 is 0 Å². The number of rotatable bonds is 3. The third-order valence-electron chi connectivity index (χ3n) is 4.83. The summed E-state index contributed by atoms with van der Waals surface area (Å²) in [5, 5.41) is 4.75. The van der Waals surface area contributed by atoms with E-state index in [4.69, 9.17) is 21.1 Å². The van der Waals surface area contributed by atoms with Crippen molar-refractivity contribution >= 4 is 38.1 Å². The van der Waals surface area contributed by atoms with Crippen LogP contribution in [0.15, 0.2) is 41.4 Å². The van der Waals surface area contributed by atoms with Crippen molar-refractivity contribution in [3.63, 3.8) is 0 Å². The van der Waals surface area contributed by atoms with Gasteiger partial charge < -0.3 is 14.6 Å². The number of benzene rings is 1. The van der Waals surface area contributed by atoms with E-state index in [1.165, 1.54) is 6.26 Å². The summed E-state index contributed by atoms with van der Waals surface area (Å²) in [6.07, 6.45) is 1.91. The quantitative estimate of drug-likeness (QED) is 0.680. The molecule has 2 unspecified atom stereocenters. The molecule has 1 amide bonds. The standard InChI is InChI=1S/C19H19ClN4O3S/c1-24-15-10-12(20)4-3-11(15)9-16(24)18(25)22-14-7-8-27-19-13(14)5-6-17(23-19)28(2,21)26/h3-6,9-10,14,21H,7-8H2,1-2H3,(H,22,25). The summed E-state index contributed by atoms with van der Waals surface area (Å²) in [6, 6.07) is 10.3. The molecule has 3 aromatic rings. The summed E-state index contributed by atoms with van der Waals surface area (Å²) in [6.45, 7) is 0.377. The van der Waals surface area contributed by atoms with Crippen molar-refractivity contribution in [3.05, 3.63) is 52.7 Å². The van der Waals surface area contributed by atoms with Gasteiger partial charge in [-0.1, -0.05) is 17.7 Å². The van der Waals surface area contributed by atoms with Gasteiger partial charge in [-0.3, -0.25) is 4.79 Å². The minimum absolute atomic E-state index is 0.170. The number of amides is 1. The third kappa shape index (κ3) is 3.33. The Morgan fingerprint density at radius 3 is 2.89 bits per heavy atom. The van der Waals surface area contributed by atoms with Crippen molar-refractivity contribution in [2.45, 2.75) is 17.5 Å². The van der Waals surface area contributed by atoms with Crippen LogP contribution < -0.4 is 10.1 Å². The number of carbonyl (C=O) groups is 1. The molecule has 0 spiro atoms. The topological polar surface area (TPSA) is 97.1 Å². The smallest absolute Gasteiger partial charge is 0.268 e. The van der Waals surface area contributed by atoms with E-state index in [1.807, 2.05) is 29.8 Å². The lowest BCUT2D eigenvalue weighted by molar-refractivity contribution is 0.0916. The van der Waals surface area contributed by atoms with E-state index in [0.717, 1.165) is 10.9 Å². The van der Waals surface area contributed by atoms with Crippen LogP contribution in [0.5, 0.6) is 5.88 Å². The highest BCUT2D eigenvalue weighted by Crippen LogP contribution is 2.32. The van der Waals surface area contributed by atoms with E-state index in [2.05, 4.69) is 10.3 Å². The summed E-state index contributed by atoms with van der Waals surface area (Å²) in [5.41, 5.74) is 2.12. The first kappa shape index (κ1) is 18.8. The Kier molecular flexibility index (Phi) is 4.55. The molecule has 1 aliphatic heterocycles. The maximum absolute atomic E-state index is 12.9. The average Bonchev–Trinajstić information content (AvgIpc) is 2.97. The fourth-order valence-electron chi connectivity index (χ4n) is 3.36. The van der Waals surface area contributed by atoms with Crippen LogP contribution >= 0.6 is 11.6 Å². The molecule has 7 nitrogen and oxygen atoms in total. The average molecular weight is 419 g/mol. The molecule has 0 aliphatic carbocycles. The molecule has 146 valence electrons. The summed E-state index contributed by atoms with van der Waals surface area (Å²) in [5.74, 6) is 0.108. The van der Waals surface area contributed by atoms with Crippen LogP contribution in [0.1, 0.15) is 28.5 Å². The van der Waals surface area contributed by atoms with Gasteiger partial charge in [0.1, 0.15) is 10.7 Å². The molecular weight excluding hydrogens is 400 g/mol. The van der Waals surface area contributed by atoms with Gasteiger partial charge in [0.25, 0.3) is 5.91 Å². The van der Waals surface area contributed by atoms with Crippen LogP contribution in [-0.2, 0) is 16.8 Å². The summed E-state index contributed by atoms with van der Waals surface area (Å²) in [7, 11) is -1.11. The van der Waals surface area contributed by atoms with E-state index in [0.29, 0.717) is 35.2 Å². The van der Waals surface area contributed by atoms with Gasteiger partial charge in [-0.25, -0.2) is 14.0 Å². The van der Waals surface area contributed by atoms with Crippen molar-refractivity contribution in [1.29, 1.82) is 4.78 Å². The molecular formula is C19H19ClN4O3S. The summed E-state index contributed by atoms with van der Waals surface area (Å²) < 4.78 is 27.0. The number of hydrogen-bond donors (Lipinski definition) is 2. The Hall–Kier alpha value is -2.58. The lowest BCUT2D eigenvalue weighted by atomic mass is 10.0. The highest BCUT2D eigenvalue weighted by Gasteiger charge is 2.26. The second-order valence-electron chi connectivity index (χ2n) is 6.84. The number of fused-ring (bicyclic) bond motifs is 2. The Morgan fingerprint density at radius 1 is 1.36 bits per heavy atom. The largest absolute Gasteiger partial charge is 0.477 e. The fraction of sp³-hybridized carbons (Fsp3) is 0.263. The number of nitrogens with zero attached hydrogens (tertiary/aromatic N) is 2. The molecule has 9 heteroatoms. The first-order chi connectivity index (χ1) is 13.2. The normalized spacial score (nSPS) is 18.2. The predicted molar refractivity (Wildman–Crippen MR) is 108 cm³/mol. The van der Waals surface area contributed by atoms with Crippen LogP contribution in [0, 0.1) is 4.78 Å². The van der Waals surface area contributed by atoms with Crippen molar-refractivity contribution in [3.8, 4) is 5.88 Å². The monoisotopic (exact) mass is 418 g/mol. The Morgan fingerprint density at radius 2 is 2.14 bits per heavy atom. The van der Waals surface area contributed by atoms with Crippen LogP contribution in [-0.4, -0.2) is 32.5 Å². The summed E-state index contributed by atoms with van der Waals surface area (Å²) in [4.78, 5) is 17.1. The molecule has 0 radical (unpaired) electrons. The Balaban J connectivity index is 1.64. The number of aryl methyl sites for hydroxylation is 1. The maximum Gasteiger partial charge on any atom is 0.268 e. The number of hydrogen-bond acceptors (Lipinski definition) is 5. The van der Waals surface area contributed by atoms with E-state index in [-0.39, 0.29) is 17.0 Å². The molecule has 28 heavy (non-hydrogen) atoms. The first-order valence-corrected chi connectivity index (χ1v) is 11.0. The van der Waals surface area contributed by atoms with Gasteiger partial charge in [0.15, 0.2) is 0 Å². The Bertz CT molecular complexity index is 1200. The Labute approximate surface area is 167 Å². The van der Waals surface area contributed by atoms with Crippen LogP contribution in [0.3, 0.4) is 0 Å². The molecule has 1 aliphatic rings. The molecule has 0 saturated heterocycles. The van der Waals surface area contributed by atoms with Crippen molar-refractivity contribution in [1.82, 2.24) is 14.9 Å². The number of carbonyl (C=O) groups excluding carboxylic acids is 1. The molecule has 2 atom stereocenters. The molecule has 0 saturated carbocycles. The number of halogens is 1. The molecule has 2 aromatic heterocycles. The minimum atomic E-state index is -2.94. The number of pyridine rings is 1. The fourth-order valence-corrected chi connectivity index (χ4v) is 4.12. The van der Waals surface area contributed by atoms with Gasteiger partial charge in [0.2, 0.25) is 5.88 Å². The second-order valence-corrected chi connectivity index (χ2v) is 9.38. The SMILES string of the molecule is Cn1c(C(=O)NC2CCOc3nc(S(C)(=N)=O)ccc32)cc2ccc(Cl)cc21. The van der Waals surface area contributed by atoms with Crippen LogP contribution in [0.4, 0.5) is 0 Å². The highest BCUT2D eigenvalue weighted by molar-refractivity contribution is 7.91. The zero-order valence-corrected chi connectivity index (χ0v) is 16.9. The lowest BCUT2D eigenvalue weighted by Crippen LogP contribution is -2.33. The molecule has 0 fully saturated rings. The van der Waals surface area contributed by atoms with Crippen molar-refractivity contribution < 1.29 is 13.7 Å². The van der Waals surface area contributed by atoms with Gasteiger partial charge in [-0.15, -0.1) is 0 Å². The maximum atomic E-state index is 12.9. The summed E-state index contributed by atoms with van der Waals surface area (Å²) >= 11 is 6.07. The minimum Gasteiger partial charge on any atom is -0.477 e. The molecule has 0 bridgehead atoms. The third-order valence-corrected chi connectivity index (χ3v) is 6.09. The van der Waals surface area contributed by atoms with Crippen LogP contribution in [0.2, 0.25) is 5.02 Å². The van der Waals surface area contributed by atoms with Crippen molar-refractivity contribution in [2.24, 2.45) is 7.05 Å². The molecule has 4 rings (SSSR count). The number of nitrogens with one attached hydrogen (secondary N) is 2. The van der Waals surface area contributed by atoms with Crippen molar-refractivity contribution in [2.75, 3.05) is 12.9 Å². The molecule has 3 heterocycles. The van der Waals surface area contributed by atoms with E-state index in [9.17, 15) is 9.00 Å². The number of aromatic nitrogens is 2. The lowest BCUT2D eigenvalue weighted by Gasteiger charge is -2.26. The van der Waals surface area contributed by atoms with Gasteiger partial charge in [-0.05, 0) is 30.3 Å². The van der Waals surface area contributed by atoms with Gasteiger partial charge in [0.05, 0.1) is 22.4 Å². The van der Waals surface area contributed by atoms with E-state index >= 15 is 0 Å². The highest BCUT2D eigenvalue weighted by atomic mass is 35.5. The molecule has 2 N–H and O–H groups in total. The van der Waals surface area contributed by atoms with Gasteiger partial charge in [0, 0.05) is 41.2 Å². The number of ether oxygens (including phenoxy) is 1.